The Bertz CT molecular complexity index is 1010. The van der Waals surface area contributed by atoms with E-state index in [9.17, 15) is 4.79 Å². The van der Waals surface area contributed by atoms with Crippen molar-refractivity contribution in [3.8, 4) is 17.0 Å². The number of hydrogen-bond acceptors (Lipinski definition) is 4. The van der Waals surface area contributed by atoms with E-state index < -0.39 is 0 Å². The van der Waals surface area contributed by atoms with Gasteiger partial charge in [0, 0.05) is 24.0 Å². The second kappa shape index (κ2) is 7.59. The third-order valence-corrected chi connectivity index (χ3v) is 7.30. The van der Waals surface area contributed by atoms with Gasteiger partial charge in [0.2, 0.25) is 0 Å². The Morgan fingerprint density at radius 3 is 2.89 bits per heavy atom. The average molecular weight is 398 g/mol. The zero-order valence-corrected chi connectivity index (χ0v) is 17.7. The number of benzene rings is 1. The first-order valence-corrected chi connectivity index (χ1v) is 10.7. The molecule has 5 nitrogen and oxygen atoms in total. The van der Waals surface area contributed by atoms with Gasteiger partial charge in [-0.15, -0.1) is 11.3 Å². The molecule has 1 aromatic carbocycles. The van der Waals surface area contributed by atoms with Crippen LogP contribution in [0.2, 0.25) is 0 Å². The lowest BCUT2D eigenvalue weighted by atomic mass is 9.78. The predicted octanol–water partition coefficient (Wildman–Crippen LogP) is 4.86. The lowest BCUT2D eigenvalue weighted by Crippen LogP contribution is -2.43. The van der Waals surface area contributed by atoms with Gasteiger partial charge in [-0.2, -0.15) is 5.10 Å². The van der Waals surface area contributed by atoms with E-state index in [1.54, 1.807) is 7.11 Å². The van der Waals surface area contributed by atoms with Crippen molar-refractivity contribution in [1.82, 2.24) is 15.1 Å². The van der Waals surface area contributed by atoms with Gasteiger partial charge in [0.15, 0.2) is 0 Å². The summed E-state index contributed by atoms with van der Waals surface area (Å²) in [5.41, 5.74) is 1.87. The Morgan fingerprint density at radius 1 is 1.29 bits per heavy atom. The van der Waals surface area contributed by atoms with Crippen molar-refractivity contribution in [2.75, 3.05) is 7.11 Å². The van der Waals surface area contributed by atoms with Crippen LogP contribution in [0.3, 0.4) is 0 Å². The SMILES string of the molecule is COc1cccc(-c2nn(C)c3sc(C(=O)N[C@@H]4CCC[C@H](C)[C@H]4C)cc23)c1. The van der Waals surface area contributed by atoms with Gasteiger partial charge in [-0.05, 0) is 36.5 Å². The fourth-order valence-corrected chi connectivity index (χ4v) is 5.14. The molecule has 1 fully saturated rings. The van der Waals surface area contributed by atoms with Crippen LogP contribution >= 0.6 is 11.3 Å². The van der Waals surface area contributed by atoms with Gasteiger partial charge < -0.3 is 10.1 Å². The Balaban J connectivity index is 1.63. The molecular weight excluding hydrogens is 370 g/mol. The Kier molecular flexibility index (Phi) is 5.15. The van der Waals surface area contributed by atoms with Crippen molar-refractivity contribution >= 4 is 27.5 Å². The molecule has 1 amide bonds. The highest BCUT2D eigenvalue weighted by Gasteiger charge is 2.29. The van der Waals surface area contributed by atoms with Crippen LogP contribution in [0.15, 0.2) is 30.3 Å². The van der Waals surface area contributed by atoms with E-state index >= 15 is 0 Å². The zero-order chi connectivity index (χ0) is 19.8. The van der Waals surface area contributed by atoms with E-state index in [1.807, 2.05) is 42.1 Å². The van der Waals surface area contributed by atoms with Crippen molar-refractivity contribution in [2.45, 2.75) is 39.2 Å². The van der Waals surface area contributed by atoms with Crippen LogP contribution in [0.25, 0.3) is 21.5 Å². The number of rotatable bonds is 4. The van der Waals surface area contributed by atoms with Crippen LogP contribution in [0.1, 0.15) is 42.8 Å². The minimum atomic E-state index is 0.0312. The monoisotopic (exact) mass is 397 g/mol. The van der Waals surface area contributed by atoms with Crippen molar-refractivity contribution in [3.05, 3.63) is 35.2 Å². The predicted molar refractivity (Wildman–Crippen MR) is 114 cm³/mol. The topological polar surface area (TPSA) is 56.2 Å². The lowest BCUT2D eigenvalue weighted by Gasteiger charge is -2.34. The highest BCUT2D eigenvalue weighted by Crippen LogP contribution is 2.35. The number of hydrogen-bond donors (Lipinski definition) is 1. The number of thiophene rings is 1. The fourth-order valence-electron chi connectivity index (χ4n) is 4.16. The first kappa shape index (κ1) is 19.0. The maximum absolute atomic E-state index is 12.9. The second-order valence-corrected chi connectivity index (χ2v) is 8.91. The molecule has 1 aliphatic carbocycles. The van der Waals surface area contributed by atoms with Crippen LogP contribution in [0.4, 0.5) is 0 Å². The third-order valence-electron chi connectivity index (χ3n) is 6.10. The number of carbonyl (C=O) groups is 1. The van der Waals surface area contributed by atoms with Crippen LogP contribution in [-0.4, -0.2) is 28.8 Å². The molecule has 0 unspecified atom stereocenters. The van der Waals surface area contributed by atoms with Gasteiger partial charge in [0.05, 0.1) is 12.0 Å². The van der Waals surface area contributed by atoms with E-state index in [0.29, 0.717) is 11.8 Å². The number of aromatic nitrogens is 2. The molecule has 1 saturated carbocycles. The molecule has 148 valence electrons. The number of nitrogens with one attached hydrogen (secondary N) is 1. The quantitative estimate of drug-likeness (QED) is 0.684. The highest BCUT2D eigenvalue weighted by molar-refractivity contribution is 7.20. The summed E-state index contributed by atoms with van der Waals surface area (Å²) in [5, 5.41) is 8.97. The molecule has 0 spiro atoms. The standard InChI is InChI=1S/C22H27N3O2S/c1-13-7-5-10-18(14(13)2)23-21(26)19-12-17-20(24-25(3)22(17)28-19)15-8-6-9-16(11-15)27-4/h6,8-9,11-14,18H,5,7,10H2,1-4H3,(H,23,26)/t13-,14+,18+/m0/s1. The molecule has 4 rings (SSSR count). The summed E-state index contributed by atoms with van der Waals surface area (Å²) in [6, 6.07) is 10.1. The molecule has 1 N–H and O–H groups in total. The van der Waals surface area contributed by atoms with Crippen LogP contribution in [-0.2, 0) is 7.05 Å². The molecule has 3 aromatic rings. The highest BCUT2D eigenvalue weighted by atomic mass is 32.1. The van der Waals surface area contributed by atoms with E-state index in [-0.39, 0.29) is 11.9 Å². The second-order valence-electron chi connectivity index (χ2n) is 7.88. The molecule has 2 heterocycles. The molecule has 0 bridgehead atoms. The Morgan fingerprint density at radius 2 is 2.11 bits per heavy atom. The summed E-state index contributed by atoms with van der Waals surface area (Å²) in [4.78, 5) is 14.7. The van der Waals surface area contributed by atoms with Gasteiger partial charge >= 0.3 is 0 Å². The molecular formula is C22H27N3O2S. The molecule has 6 heteroatoms. The van der Waals surface area contributed by atoms with E-state index in [4.69, 9.17) is 4.74 Å². The molecule has 0 aliphatic heterocycles. The zero-order valence-electron chi connectivity index (χ0n) is 16.9. The van der Waals surface area contributed by atoms with E-state index in [1.165, 1.54) is 24.2 Å². The van der Waals surface area contributed by atoms with Gasteiger partial charge in [-0.1, -0.05) is 38.8 Å². The number of nitrogens with zero attached hydrogens (tertiary/aromatic N) is 2. The Labute approximate surface area is 169 Å². The largest absolute Gasteiger partial charge is 0.497 e. The van der Waals surface area contributed by atoms with E-state index in [2.05, 4.69) is 24.3 Å². The van der Waals surface area contributed by atoms with Gasteiger partial charge in [-0.3, -0.25) is 9.48 Å². The normalized spacial score (nSPS) is 22.4. The van der Waals surface area contributed by atoms with Crippen molar-refractivity contribution in [2.24, 2.45) is 18.9 Å². The molecule has 28 heavy (non-hydrogen) atoms. The number of fused-ring (bicyclic) bond motifs is 1. The average Bonchev–Trinajstić information content (AvgIpc) is 3.26. The summed E-state index contributed by atoms with van der Waals surface area (Å²) in [6.07, 6.45) is 3.51. The first-order valence-electron chi connectivity index (χ1n) is 9.89. The van der Waals surface area contributed by atoms with Crippen molar-refractivity contribution in [1.29, 1.82) is 0 Å². The molecule has 0 radical (unpaired) electrons. The maximum atomic E-state index is 12.9. The third kappa shape index (κ3) is 3.41. The molecule has 2 aromatic heterocycles. The summed E-state index contributed by atoms with van der Waals surface area (Å²) < 4.78 is 7.20. The minimum Gasteiger partial charge on any atom is -0.497 e. The van der Waals surface area contributed by atoms with Gasteiger partial charge in [-0.25, -0.2) is 0 Å². The number of ether oxygens (including phenoxy) is 1. The summed E-state index contributed by atoms with van der Waals surface area (Å²) in [7, 11) is 3.59. The summed E-state index contributed by atoms with van der Waals surface area (Å²) in [6.45, 7) is 4.54. The van der Waals surface area contributed by atoms with E-state index in [0.717, 1.165) is 38.5 Å². The minimum absolute atomic E-state index is 0.0312. The molecule has 1 aliphatic rings. The molecule has 3 atom stereocenters. The van der Waals surface area contributed by atoms with Crippen molar-refractivity contribution in [3.63, 3.8) is 0 Å². The number of aryl methyl sites for hydroxylation is 1. The van der Waals surface area contributed by atoms with Gasteiger partial charge in [0.1, 0.15) is 16.3 Å². The smallest absolute Gasteiger partial charge is 0.261 e. The number of amides is 1. The lowest BCUT2D eigenvalue weighted by molar-refractivity contribution is 0.0895. The van der Waals surface area contributed by atoms with Crippen LogP contribution in [0.5, 0.6) is 5.75 Å². The van der Waals surface area contributed by atoms with Crippen LogP contribution in [0, 0.1) is 11.8 Å². The van der Waals surface area contributed by atoms with Crippen LogP contribution < -0.4 is 10.1 Å². The first-order chi connectivity index (χ1) is 13.5. The van der Waals surface area contributed by atoms with Crippen molar-refractivity contribution < 1.29 is 9.53 Å². The fraction of sp³-hybridized carbons (Fsp3) is 0.455. The molecule has 0 saturated heterocycles. The number of methoxy groups -OCH3 is 1. The summed E-state index contributed by atoms with van der Waals surface area (Å²) >= 11 is 1.51. The number of carbonyl (C=O) groups excluding carboxylic acids is 1. The Hall–Kier alpha value is -2.34. The van der Waals surface area contributed by atoms with Gasteiger partial charge in [0.25, 0.3) is 5.91 Å². The summed E-state index contributed by atoms with van der Waals surface area (Å²) in [5.74, 6) is 2.00. The maximum Gasteiger partial charge on any atom is 0.261 e.